The minimum absolute atomic E-state index is 0.294. The third-order valence-electron chi connectivity index (χ3n) is 1.76. The van der Waals surface area contributed by atoms with Crippen LogP contribution in [0.1, 0.15) is 5.56 Å². The molecule has 2 rings (SSSR count). The molecule has 2 aromatic rings. The first-order chi connectivity index (χ1) is 7.83. The molecule has 4 heteroatoms. The van der Waals surface area contributed by atoms with Gasteiger partial charge in [-0.15, -0.1) is 0 Å². The number of nitrogens with one attached hydrogen (secondary N) is 1. The van der Waals surface area contributed by atoms with Crippen LogP contribution in [0.3, 0.4) is 0 Å². The van der Waals surface area contributed by atoms with Crippen LogP contribution >= 0.6 is 11.6 Å². The normalized spacial score (nSPS) is 9.12. The highest BCUT2D eigenvalue weighted by molar-refractivity contribution is 6.28. The number of benzene rings is 1. The third kappa shape index (κ3) is 5.44. The summed E-state index contributed by atoms with van der Waals surface area (Å²) in [5.74, 6) is 0. The summed E-state index contributed by atoms with van der Waals surface area (Å²) < 4.78 is 0. The van der Waals surface area contributed by atoms with Gasteiger partial charge in [-0.2, -0.15) is 0 Å². The molecule has 0 saturated heterocycles. The summed E-state index contributed by atoms with van der Waals surface area (Å²) in [7, 11) is 1.95. The van der Waals surface area contributed by atoms with Crippen molar-refractivity contribution in [2.45, 2.75) is 6.54 Å². The zero-order valence-corrected chi connectivity index (χ0v) is 9.85. The molecule has 0 aliphatic rings. The van der Waals surface area contributed by atoms with Gasteiger partial charge in [0.1, 0.15) is 0 Å². The molecule has 0 saturated carbocycles. The van der Waals surface area contributed by atoms with E-state index in [9.17, 15) is 0 Å². The van der Waals surface area contributed by atoms with E-state index in [4.69, 9.17) is 11.6 Å². The van der Waals surface area contributed by atoms with Crippen LogP contribution < -0.4 is 5.32 Å². The fourth-order valence-corrected chi connectivity index (χ4v) is 1.19. The Morgan fingerprint density at radius 2 is 1.69 bits per heavy atom. The van der Waals surface area contributed by atoms with Crippen molar-refractivity contribution in [1.82, 2.24) is 15.3 Å². The summed E-state index contributed by atoms with van der Waals surface area (Å²) in [5.41, 5.74) is 1.33. The SMILES string of the molecule is CNCc1ccccc1.Clc1ncccn1. The minimum atomic E-state index is 0.294. The first-order valence-electron chi connectivity index (χ1n) is 4.94. The fraction of sp³-hybridized carbons (Fsp3) is 0.167. The average molecular weight is 236 g/mol. The second kappa shape index (κ2) is 7.79. The van der Waals surface area contributed by atoms with Gasteiger partial charge in [0.15, 0.2) is 0 Å². The van der Waals surface area contributed by atoms with Gasteiger partial charge in [-0.25, -0.2) is 9.97 Å². The van der Waals surface area contributed by atoms with E-state index in [0.29, 0.717) is 5.28 Å². The standard InChI is InChI=1S/C8H11N.C4H3ClN2/c1-9-7-8-5-3-2-4-6-8;5-4-6-2-1-3-7-4/h2-6,9H,7H2,1H3;1-3H. The Kier molecular flexibility index (Phi) is 6.15. The van der Waals surface area contributed by atoms with Crippen molar-refractivity contribution in [2.24, 2.45) is 0 Å². The van der Waals surface area contributed by atoms with Gasteiger partial charge in [0.05, 0.1) is 0 Å². The van der Waals surface area contributed by atoms with E-state index >= 15 is 0 Å². The van der Waals surface area contributed by atoms with Crippen molar-refractivity contribution >= 4 is 11.6 Å². The van der Waals surface area contributed by atoms with Crippen LogP contribution in [0, 0.1) is 0 Å². The number of hydrogen-bond acceptors (Lipinski definition) is 3. The summed E-state index contributed by atoms with van der Waals surface area (Å²) in [4.78, 5) is 7.27. The average Bonchev–Trinajstić information content (AvgIpc) is 2.33. The topological polar surface area (TPSA) is 37.8 Å². The molecule has 0 spiro atoms. The van der Waals surface area contributed by atoms with E-state index in [1.54, 1.807) is 18.5 Å². The predicted molar refractivity (Wildman–Crippen MR) is 66.2 cm³/mol. The zero-order chi connectivity index (χ0) is 11.6. The molecule has 0 fully saturated rings. The summed E-state index contributed by atoms with van der Waals surface area (Å²) in [6, 6.07) is 12.1. The number of hydrogen-bond donors (Lipinski definition) is 1. The number of nitrogens with zero attached hydrogens (tertiary/aromatic N) is 2. The molecular weight excluding hydrogens is 222 g/mol. The lowest BCUT2D eigenvalue weighted by Crippen LogP contribution is -2.04. The van der Waals surface area contributed by atoms with Crippen LogP contribution in [0.4, 0.5) is 0 Å². The first kappa shape index (κ1) is 12.6. The molecule has 3 nitrogen and oxygen atoms in total. The van der Waals surface area contributed by atoms with Crippen molar-refractivity contribution in [3.63, 3.8) is 0 Å². The molecular formula is C12H14ClN3. The maximum absolute atomic E-state index is 5.32. The Morgan fingerprint density at radius 1 is 1.06 bits per heavy atom. The van der Waals surface area contributed by atoms with Crippen LogP contribution in [-0.2, 0) is 6.54 Å². The highest BCUT2D eigenvalue weighted by atomic mass is 35.5. The van der Waals surface area contributed by atoms with Gasteiger partial charge in [0, 0.05) is 18.9 Å². The van der Waals surface area contributed by atoms with Crippen LogP contribution in [0.15, 0.2) is 48.8 Å². The smallest absolute Gasteiger partial charge is 0.222 e. The van der Waals surface area contributed by atoms with E-state index in [1.807, 2.05) is 25.2 Å². The molecule has 0 atom stereocenters. The Labute approximate surface area is 101 Å². The Morgan fingerprint density at radius 3 is 2.12 bits per heavy atom. The fourth-order valence-electron chi connectivity index (χ4n) is 1.08. The second-order valence-corrected chi connectivity index (χ2v) is 3.37. The Hall–Kier alpha value is -1.45. The molecule has 0 unspecified atom stereocenters. The molecule has 0 aliphatic heterocycles. The molecule has 0 radical (unpaired) electrons. The van der Waals surface area contributed by atoms with Gasteiger partial charge in [0.2, 0.25) is 5.28 Å². The van der Waals surface area contributed by atoms with Crippen LogP contribution in [0.25, 0.3) is 0 Å². The van der Waals surface area contributed by atoms with E-state index in [-0.39, 0.29) is 0 Å². The van der Waals surface area contributed by atoms with E-state index < -0.39 is 0 Å². The molecule has 0 aliphatic carbocycles. The van der Waals surface area contributed by atoms with Crippen molar-refractivity contribution in [3.05, 3.63) is 59.6 Å². The molecule has 1 aromatic heterocycles. The Balaban J connectivity index is 0.000000165. The maximum Gasteiger partial charge on any atom is 0.222 e. The second-order valence-electron chi connectivity index (χ2n) is 3.03. The molecule has 84 valence electrons. The molecule has 0 amide bonds. The Bertz CT molecular complexity index is 378. The van der Waals surface area contributed by atoms with Crippen molar-refractivity contribution in [1.29, 1.82) is 0 Å². The van der Waals surface area contributed by atoms with Gasteiger partial charge >= 0.3 is 0 Å². The van der Waals surface area contributed by atoms with E-state index in [2.05, 4.69) is 27.4 Å². The molecule has 1 aromatic carbocycles. The van der Waals surface area contributed by atoms with Gasteiger partial charge < -0.3 is 5.32 Å². The van der Waals surface area contributed by atoms with Crippen molar-refractivity contribution in [3.8, 4) is 0 Å². The quantitative estimate of drug-likeness (QED) is 0.813. The molecule has 1 heterocycles. The molecule has 0 bridgehead atoms. The first-order valence-corrected chi connectivity index (χ1v) is 5.32. The highest BCUT2D eigenvalue weighted by Crippen LogP contribution is 1.95. The van der Waals surface area contributed by atoms with Gasteiger partial charge in [0.25, 0.3) is 0 Å². The predicted octanol–water partition coefficient (Wildman–Crippen LogP) is 2.54. The van der Waals surface area contributed by atoms with Gasteiger partial charge in [-0.1, -0.05) is 30.3 Å². The summed E-state index contributed by atoms with van der Waals surface area (Å²) in [5, 5.41) is 3.38. The summed E-state index contributed by atoms with van der Waals surface area (Å²) >= 11 is 5.32. The molecule has 16 heavy (non-hydrogen) atoms. The van der Waals surface area contributed by atoms with Crippen molar-refractivity contribution < 1.29 is 0 Å². The number of rotatable bonds is 2. The van der Waals surface area contributed by atoms with Gasteiger partial charge in [-0.3, -0.25) is 0 Å². The number of aromatic nitrogens is 2. The van der Waals surface area contributed by atoms with Crippen molar-refractivity contribution in [2.75, 3.05) is 7.05 Å². The van der Waals surface area contributed by atoms with E-state index in [0.717, 1.165) is 6.54 Å². The van der Waals surface area contributed by atoms with Crippen LogP contribution in [0.5, 0.6) is 0 Å². The van der Waals surface area contributed by atoms with Gasteiger partial charge in [-0.05, 0) is 30.3 Å². The maximum atomic E-state index is 5.32. The highest BCUT2D eigenvalue weighted by Gasteiger charge is 1.83. The lowest BCUT2D eigenvalue weighted by atomic mass is 10.2. The van der Waals surface area contributed by atoms with E-state index in [1.165, 1.54) is 5.56 Å². The third-order valence-corrected chi connectivity index (χ3v) is 1.95. The minimum Gasteiger partial charge on any atom is -0.316 e. The van der Waals surface area contributed by atoms with Crippen LogP contribution in [-0.4, -0.2) is 17.0 Å². The monoisotopic (exact) mass is 235 g/mol. The summed E-state index contributed by atoms with van der Waals surface area (Å²) in [6.07, 6.45) is 3.19. The summed E-state index contributed by atoms with van der Waals surface area (Å²) in [6.45, 7) is 0.959. The zero-order valence-electron chi connectivity index (χ0n) is 9.10. The molecule has 1 N–H and O–H groups in total. The lowest BCUT2D eigenvalue weighted by molar-refractivity contribution is 0.818. The number of halogens is 1. The van der Waals surface area contributed by atoms with Crippen LogP contribution in [0.2, 0.25) is 5.28 Å². The lowest BCUT2D eigenvalue weighted by Gasteiger charge is -1.95. The largest absolute Gasteiger partial charge is 0.316 e.